The Morgan fingerprint density at radius 1 is 0.655 bits per heavy atom. The summed E-state index contributed by atoms with van der Waals surface area (Å²) in [5.41, 5.74) is 3.90. The van der Waals surface area contributed by atoms with Gasteiger partial charge in [-0.05, 0) is 96.1 Å². The summed E-state index contributed by atoms with van der Waals surface area (Å²) in [5.74, 6) is 3.69. The number of carbonyl (C=O) groups is 2. The van der Waals surface area contributed by atoms with Gasteiger partial charge in [-0.25, -0.2) is 4.57 Å². The van der Waals surface area contributed by atoms with Crippen LogP contribution in [0.1, 0.15) is 182 Å². The van der Waals surface area contributed by atoms with Crippen molar-refractivity contribution in [3.8, 4) is 0 Å². The van der Waals surface area contributed by atoms with Crippen LogP contribution in [0.2, 0.25) is 0 Å². The van der Waals surface area contributed by atoms with E-state index in [4.69, 9.17) is 27.4 Å². The molecule has 0 saturated carbocycles. The largest absolute Gasteiger partial charge is 0.472 e. The van der Waals surface area contributed by atoms with Crippen LogP contribution in [-0.2, 0) is 58.4 Å². The van der Waals surface area contributed by atoms with Gasteiger partial charge in [0, 0.05) is 45.1 Å². The first-order valence-electron chi connectivity index (χ1n) is 22.6. The van der Waals surface area contributed by atoms with Crippen LogP contribution in [0.25, 0.3) is 0 Å². The van der Waals surface area contributed by atoms with Crippen molar-refractivity contribution in [1.82, 2.24) is 4.90 Å². The van der Waals surface area contributed by atoms with Crippen molar-refractivity contribution in [3.63, 3.8) is 0 Å². The summed E-state index contributed by atoms with van der Waals surface area (Å²) in [6.07, 6.45) is 22.6. The molecule has 0 fully saturated rings. The molecule has 0 bridgehead atoms. The van der Waals surface area contributed by atoms with Crippen LogP contribution in [0.5, 0.6) is 0 Å². The number of ether oxygens (including phenoxy) is 2. The molecular formula is C46H80NO10P. The quantitative estimate of drug-likeness (QED) is 0.0399. The standard InChI is InChI=1S/C46H80NO10P/c1-8-26-40-34-37(3)42(55-40)28-22-18-14-10-13-17-21-25-31-46(49)56-41(36-54-58(50,51)53-33-32-47(6)7)35-52-45(48)30-24-20-16-12-11-15-19-23-29-44-39(5)38(4)43(57-44)27-9-2/h34,41H,8-33,35-36H2,1-7H3,(H,50,51)/t41-/m1/s1. The molecule has 0 aliphatic rings. The second-order valence-corrected chi connectivity index (χ2v) is 17.8. The molecule has 2 heterocycles. The van der Waals surface area contributed by atoms with Crippen LogP contribution in [-0.4, -0.2) is 68.3 Å². The molecule has 0 spiro atoms. The van der Waals surface area contributed by atoms with Crippen LogP contribution in [0, 0.1) is 20.8 Å². The van der Waals surface area contributed by atoms with Crippen LogP contribution < -0.4 is 0 Å². The average Bonchev–Trinajstić information content (AvgIpc) is 3.66. The number of unbranched alkanes of at least 4 members (excludes halogenated alkanes) is 14. The van der Waals surface area contributed by atoms with Gasteiger partial charge in [-0.1, -0.05) is 90.9 Å². The lowest BCUT2D eigenvalue weighted by molar-refractivity contribution is -0.161. The Hall–Kier alpha value is -2.43. The Morgan fingerprint density at radius 3 is 1.71 bits per heavy atom. The Balaban J connectivity index is 1.61. The van der Waals surface area contributed by atoms with E-state index in [9.17, 15) is 19.0 Å². The molecule has 1 unspecified atom stereocenters. The number of phosphoric ester groups is 1. The Kier molecular flexibility index (Phi) is 27.3. The first-order chi connectivity index (χ1) is 27.8. The van der Waals surface area contributed by atoms with Gasteiger partial charge in [0.25, 0.3) is 0 Å². The van der Waals surface area contributed by atoms with E-state index in [1.165, 1.54) is 55.2 Å². The van der Waals surface area contributed by atoms with Gasteiger partial charge in [0.2, 0.25) is 0 Å². The Labute approximate surface area is 351 Å². The van der Waals surface area contributed by atoms with Crippen molar-refractivity contribution < 1.29 is 46.4 Å². The Morgan fingerprint density at radius 2 is 1.16 bits per heavy atom. The number of aryl methyl sites for hydroxylation is 5. The molecule has 0 aliphatic heterocycles. The van der Waals surface area contributed by atoms with Crippen molar-refractivity contribution in [3.05, 3.63) is 45.8 Å². The highest BCUT2D eigenvalue weighted by Gasteiger charge is 2.26. The number of rotatable bonds is 36. The third-order valence-corrected chi connectivity index (χ3v) is 11.7. The topological polar surface area (TPSA) is 138 Å². The lowest BCUT2D eigenvalue weighted by Crippen LogP contribution is -2.29. The molecule has 12 heteroatoms. The minimum absolute atomic E-state index is 0.00408. The summed E-state index contributed by atoms with van der Waals surface area (Å²) in [6.45, 7) is 10.6. The SMILES string of the molecule is CCCc1cc(C)c(CCCCCCCCCCC(=O)O[C@H](COC(=O)CCCCCCCCCCc2oc(CCC)c(C)c2C)COP(=O)(O)OCCN(C)C)o1. The summed E-state index contributed by atoms with van der Waals surface area (Å²) in [5, 5.41) is 0. The zero-order valence-corrected chi connectivity index (χ0v) is 38.4. The summed E-state index contributed by atoms with van der Waals surface area (Å²) in [6, 6.07) is 2.18. The van der Waals surface area contributed by atoms with Crippen LogP contribution in [0.4, 0.5) is 0 Å². The second-order valence-electron chi connectivity index (χ2n) is 16.4. The highest BCUT2D eigenvalue weighted by Crippen LogP contribution is 2.43. The third-order valence-electron chi connectivity index (χ3n) is 10.7. The van der Waals surface area contributed by atoms with E-state index in [1.807, 2.05) is 19.0 Å². The maximum absolute atomic E-state index is 12.7. The molecule has 2 aromatic heterocycles. The summed E-state index contributed by atoms with van der Waals surface area (Å²) >= 11 is 0. The molecule has 1 N–H and O–H groups in total. The first-order valence-corrected chi connectivity index (χ1v) is 24.1. The van der Waals surface area contributed by atoms with E-state index in [1.54, 1.807) is 0 Å². The Bertz CT molecular complexity index is 1450. The predicted octanol–water partition coefficient (Wildman–Crippen LogP) is 11.7. The van der Waals surface area contributed by atoms with Gasteiger partial charge in [0.15, 0.2) is 6.10 Å². The van der Waals surface area contributed by atoms with E-state index in [0.29, 0.717) is 19.4 Å². The van der Waals surface area contributed by atoms with Gasteiger partial charge in [-0.3, -0.25) is 18.6 Å². The number of nitrogens with zero attached hydrogens (tertiary/aromatic N) is 1. The molecule has 2 atom stereocenters. The predicted molar refractivity (Wildman–Crippen MR) is 231 cm³/mol. The van der Waals surface area contributed by atoms with Crippen molar-refractivity contribution in [2.45, 2.75) is 195 Å². The molecule has 0 aliphatic carbocycles. The molecule has 0 aromatic carbocycles. The first kappa shape index (κ1) is 51.7. The maximum atomic E-state index is 12.7. The molecule has 0 radical (unpaired) electrons. The number of hydrogen-bond acceptors (Lipinski definition) is 10. The number of esters is 2. The van der Waals surface area contributed by atoms with Gasteiger partial charge in [0.05, 0.1) is 13.2 Å². The van der Waals surface area contributed by atoms with Crippen molar-refractivity contribution in [2.24, 2.45) is 0 Å². The summed E-state index contributed by atoms with van der Waals surface area (Å²) < 4.78 is 45.7. The van der Waals surface area contributed by atoms with E-state index in [2.05, 4.69) is 40.7 Å². The van der Waals surface area contributed by atoms with Crippen molar-refractivity contribution in [2.75, 3.05) is 40.5 Å². The van der Waals surface area contributed by atoms with Gasteiger partial charge in [-0.2, -0.15) is 0 Å². The number of likely N-dealkylation sites (N-methyl/N-ethyl adjacent to an activating group) is 1. The van der Waals surface area contributed by atoms with Crippen molar-refractivity contribution in [1.29, 1.82) is 0 Å². The number of carbonyl (C=O) groups excluding carboxylic acids is 2. The summed E-state index contributed by atoms with van der Waals surface area (Å²) in [4.78, 5) is 37.2. The van der Waals surface area contributed by atoms with Gasteiger partial charge in [0.1, 0.15) is 29.6 Å². The van der Waals surface area contributed by atoms with E-state index in [-0.39, 0.29) is 26.1 Å². The number of furan rings is 2. The maximum Gasteiger partial charge on any atom is 0.472 e. The molecule has 11 nitrogen and oxygen atoms in total. The van der Waals surface area contributed by atoms with Gasteiger partial charge >= 0.3 is 19.8 Å². The molecule has 2 rings (SSSR count). The molecule has 334 valence electrons. The molecule has 2 aromatic rings. The van der Waals surface area contributed by atoms with Crippen molar-refractivity contribution >= 4 is 19.8 Å². The number of phosphoric acid groups is 1. The lowest BCUT2D eigenvalue weighted by Gasteiger charge is -2.20. The number of hydrogen-bond donors (Lipinski definition) is 1. The van der Waals surface area contributed by atoms with Crippen LogP contribution in [0.15, 0.2) is 14.9 Å². The van der Waals surface area contributed by atoms with E-state index in [0.717, 1.165) is 113 Å². The molecular weight excluding hydrogens is 757 g/mol. The fourth-order valence-electron chi connectivity index (χ4n) is 7.04. The molecule has 0 saturated heterocycles. The normalized spacial score (nSPS) is 13.3. The average molecular weight is 838 g/mol. The zero-order chi connectivity index (χ0) is 42.6. The highest BCUT2D eigenvalue weighted by atomic mass is 31.2. The summed E-state index contributed by atoms with van der Waals surface area (Å²) in [7, 11) is -0.743. The zero-order valence-electron chi connectivity index (χ0n) is 37.5. The second kappa shape index (κ2) is 30.6. The minimum atomic E-state index is -4.38. The lowest BCUT2D eigenvalue weighted by atomic mass is 10.0. The highest BCUT2D eigenvalue weighted by molar-refractivity contribution is 7.47. The van der Waals surface area contributed by atoms with Crippen LogP contribution in [0.3, 0.4) is 0 Å². The smallest absolute Gasteiger partial charge is 0.466 e. The van der Waals surface area contributed by atoms with E-state index >= 15 is 0 Å². The van der Waals surface area contributed by atoms with Gasteiger partial charge < -0.3 is 28.1 Å². The third kappa shape index (κ3) is 23.4. The minimum Gasteiger partial charge on any atom is -0.466 e. The molecule has 58 heavy (non-hydrogen) atoms. The van der Waals surface area contributed by atoms with Gasteiger partial charge in [-0.15, -0.1) is 0 Å². The monoisotopic (exact) mass is 838 g/mol. The fraction of sp³-hybridized carbons (Fsp3) is 0.783. The molecule has 0 amide bonds. The van der Waals surface area contributed by atoms with Crippen LogP contribution >= 0.6 is 7.82 Å². The van der Waals surface area contributed by atoms with E-state index < -0.39 is 32.5 Å². The fourth-order valence-corrected chi connectivity index (χ4v) is 7.78.